The quantitative estimate of drug-likeness (QED) is 0.822. The molecule has 0 bridgehead atoms. The van der Waals surface area contributed by atoms with Crippen molar-refractivity contribution in [2.75, 3.05) is 0 Å². The molecule has 3 rings (SSSR count). The van der Waals surface area contributed by atoms with Crippen molar-refractivity contribution in [2.24, 2.45) is 0 Å². The maximum atomic E-state index is 6.15. The van der Waals surface area contributed by atoms with Crippen LogP contribution in [0.1, 0.15) is 47.2 Å². The van der Waals surface area contributed by atoms with Crippen LogP contribution in [-0.2, 0) is 6.42 Å². The predicted octanol–water partition coefficient (Wildman–Crippen LogP) is 5.19. The molecule has 2 aromatic rings. The van der Waals surface area contributed by atoms with Crippen molar-refractivity contribution in [3.63, 3.8) is 0 Å². The van der Waals surface area contributed by atoms with Gasteiger partial charge in [-0.2, -0.15) is 0 Å². The summed E-state index contributed by atoms with van der Waals surface area (Å²) in [5.74, 6) is 0. The lowest BCUT2D eigenvalue weighted by Crippen LogP contribution is -2.26. The van der Waals surface area contributed by atoms with Gasteiger partial charge in [-0.1, -0.05) is 17.7 Å². The fraction of sp³-hybridized carbons (Fsp3) is 0.429. The molecule has 0 saturated carbocycles. The Morgan fingerprint density at radius 2 is 2.39 bits per heavy atom. The van der Waals surface area contributed by atoms with Gasteiger partial charge in [-0.3, -0.25) is 0 Å². The van der Waals surface area contributed by atoms with E-state index in [1.807, 2.05) is 11.3 Å². The predicted molar refractivity (Wildman–Crippen MR) is 80.9 cm³/mol. The van der Waals surface area contributed by atoms with Gasteiger partial charge < -0.3 is 5.32 Å². The first kappa shape index (κ1) is 12.7. The molecule has 4 heteroatoms. The number of rotatable bonds is 3. The molecule has 2 aromatic heterocycles. The Hall–Kier alpha value is -0.350. The Morgan fingerprint density at radius 1 is 1.50 bits per heavy atom. The number of hydrogen-bond acceptors (Lipinski definition) is 3. The van der Waals surface area contributed by atoms with Crippen LogP contribution in [0.2, 0.25) is 4.34 Å². The Balaban J connectivity index is 1.78. The molecule has 2 heterocycles. The van der Waals surface area contributed by atoms with Crippen molar-refractivity contribution in [2.45, 2.75) is 38.3 Å². The molecule has 0 radical (unpaired) electrons. The zero-order valence-corrected chi connectivity index (χ0v) is 12.7. The third kappa shape index (κ3) is 2.50. The van der Waals surface area contributed by atoms with Crippen LogP contribution in [0.4, 0.5) is 0 Å². The van der Waals surface area contributed by atoms with E-state index in [0.717, 1.165) is 4.34 Å². The number of nitrogens with one attached hydrogen (secondary N) is 1. The number of fused-ring (bicyclic) bond motifs is 1. The average Bonchev–Trinajstić information content (AvgIpc) is 2.96. The topological polar surface area (TPSA) is 12.0 Å². The molecule has 18 heavy (non-hydrogen) atoms. The van der Waals surface area contributed by atoms with E-state index in [0.29, 0.717) is 12.1 Å². The second-order valence-electron chi connectivity index (χ2n) is 4.78. The van der Waals surface area contributed by atoms with Crippen LogP contribution in [0.3, 0.4) is 0 Å². The van der Waals surface area contributed by atoms with Gasteiger partial charge in [0.15, 0.2) is 0 Å². The molecule has 1 aliphatic rings. The average molecular weight is 298 g/mol. The van der Waals surface area contributed by atoms with Crippen LogP contribution in [-0.4, -0.2) is 0 Å². The Morgan fingerprint density at radius 3 is 3.17 bits per heavy atom. The van der Waals surface area contributed by atoms with E-state index in [1.165, 1.54) is 34.6 Å². The summed E-state index contributed by atoms with van der Waals surface area (Å²) in [6.45, 7) is 2.24. The largest absolute Gasteiger partial charge is 0.303 e. The maximum absolute atomic E-state index is 6.15. The Kier molecular flexibility index (Phi) is 3.76. The minimum atomic E-state index is 0.416. The molecule has 1 N–H and O–H groups in total. The fourth-order valence-electron chi connectivity index (χ4n) is 2.62. The lowest BCUT2D eigenvalue weighted by molar-refractivity contribution is 0.421. The van der Waals surface area contributed by atoms with Gasteiger partial charge in [0.25, 0.3) is 0 Å². The highest BCUT2D eigenvalue weighted by Gasteiger charge is 2.24. The first-order valence-electron chi connectivity index (χ1n) is 6.31. The summed E-state index contributed by atoms with van der Waals surface area (Å²) < 4.78 is 0.928. The minimum Gasteiger partial charge on any atom is -0.303 e. The monoisotopic (exact) mass is 297 g/mol. The smallest absolute Gasteiger partial charge is 0.0934 e. The van der Waals surface area contributed by atoms with Crippen LogP contribution in [0.5, 0.6) is 0 Å². The van der Waals surface area contributed by atoms with E-state index in [1.54, 1.807) is 11.3 Å². The molecule has 1 aliphatic carbocycles. The standard InChI is InChI=1S/C14H16ClNS2/c1-9(12-6-3-7-17-12)16-11-4-2-5-13-10(11)8-14(15)18-13/h3,6-9,11,16H,2,4-5H2,1H3/t9-,11?/m0/s1. The van der Waals surface area contributed by atoms with Crippen molar-refractivity contribution >= 4 is 34.3 Å². The number of halogens is 1. The summed E-state index contributed by atoms with van der Waals surface area (Å²) >= 11 is 9.71. The van der Waals surface area contributed by atoms with Gasteiger partial charge in [-0.05, 0) is 49.3 Å². The first-order valence-corrected chi connectivity index (χ1v) is 8.39. The molecule has 0 fully saturated rings. The van der Waals surface area contributed by atoms with Crippen molar-refractivity contribution in [1.82, 2.24) is 5.32 Å². The van der Waals surface area contributed by atoms with Crippen LogP contribution < -0.4 is 5.32 Å². The van der Waals surface area contributed by atoms with E-state index in [2.05, 4.69) is 35.8 Å². The lowest BCUT2D eigenvalue weighted by atomic mass is 9.93. The van der Waals surface area contributed by atoms with Gasteiger partial charge >= 0.3 is 0 Å². The SMILES string of the molecule is C[C@H](NC1CCCc2sc(Cl)cc21)c1cccs1. The van der Waals surface area contributed by atoms with Gasteiger partial charge in [0, 0.05) is 21.8 Å². The molecule has 0 saturated heterocycles. The van der Waals surface area contributed by atoms with Crippen LogP contribution >= 0.6 is 34.3 Å². The van der Waals surface area contributed by atoms with Crippen LogP contribution in [0.15, 0.2) is 23.6 Å². The zero-order valence-electron chi connectivity index (χ0n) is 10.3. The van der Waals surface area contributed by atoms with Crippen LogP contribution in [0, 0.1) is 0 Å². The summed E-state index contributed by atoms with van der Waals surface area (Å²) in [7, 11) is 0. The molecule has 0 amide bonds. The summed E-state index contributed by atoms with van der Waals surface area (Å²) in [6.07, 6.45) is 3.67. The molecule has 0 aromatic carbocycles. The van der Waals surface area contributed by atoms with E-state index in [9.17, 15) is 0 Å². The molecule has 1 nitrogen and oxygen atoms in total. The van der Waals surface area contributed by atoms with Crippen LogP contribution in [0.25, 0.3) is 0 Å². The Bertz CT molecular complexity index is 518. The normalized spacial score (nSPS) is 20.7. The molecular formula is C14H16ClNS2. The second kappa shape index (κ2) is 5.33. The summed E-state index contributed by atoms with van der Waals surface area (Å²) in [5.41, 5.74) is 1.43. The molecular weight excluding hydrogens is 282 g/mol. The highest BCUT2D eigenvalue weighted by atomic mass is 35.5. The lowest BCUT2D eigenvalue weighted by Gasteiger charge is -2.26. The van der Waals surface area contributed by atoms with Gasteiger partial charge in [0.1, 0.15) is 0 Å². The number of hydrogen-bond donors (Lipinski definition) is 1. The van der Waals surface area contributed by atoms with Crippen molar-refractivity contribution in [1.29, 1.82) is 0 Å². The van der Waals surface area contributed by atoms with E-state index in [4.69, 9.17) is 11.6 Å². The van der Waals surface area contributed by atoms with Crippen molar-refractivity contribution < 1.29 is 0 Å². The zero-order chi connectivity index (χ0) is 12.5. The molecule has 96 valence electrons. The third-order valence-corrected chi connectivity index (χ3v) is 5.90. The molecule has 1 unspecified atom stereocenters. The summed E-state index contributed by atoms with van der Waals surface area (Å²) in [4.78, 5) is 2.88. The number of thiophene rings is 2. The van der Waals surface area contributed by atoms with E-state index >= 15 is 0 Å². The Labute approximate surface area is 121 Å². The molecule has 2 atom stereocenters. The van der Waals surface area contributed by atoms with Crippen molar-refractivity contribution in [3.05, 3.63) is 43.2 Å². The number of aryl methyl sites for hydroxylation is 1. The first-order chi connectivity index (χ1) is 8.74. The summed E-state index contributed by atoms with van der Waals surface area (Å²) in [6, 6.07) is 7.35. The van der Waals surface area contributed by atoms with Gasteiger partial charge in [-0.15, -0.1) is 22.7 Å². The molecule has 0 aliphatic heterocycles. The fourth-order valence-corrected chi connectivity index (χ4v) is 4.74. The van der Waals surface area contributed by atoms with Gasteiger partial charge in [0.05, 0.1) is 4.34 Å². The van der Waals surface area contributed by atoms with E-state index in [-0.39, 0.29) is 0 Å². The minimum absolute atomic E-state index is 0.416. The second-order valence-corrected chi connectivity index (χ2v) is 7.52. The van der Waals surface area contributed by atoms with Gasteiger partial charge in [-0.25, -0.2) is 0 Å². The summed E-state index contributed by atoms with van der Waals surface area (Å²) in [5, 5.41) is 5.89. The van der Waals surface area contributed by atoms with Crippen molar-refractivity contribution in [3.8, 4) is 0 Å². The third-order valence-electron chi connectivity index (χ3n) is 3.50. The molecule has 0 spiro atoms. The van der Waals surface area contributed by atoms with Gasteiger partial charge in [0.2, 0.25) is 0 Å². The van der Waals surface area contributed by atoms with E-state index < -0.39 is 0 Å². The maximum Gasteiger partial charge on any atom is 0.0934 e. The highest BCUT2D eigenvalue weighted by Crippen LogP contribution is 2.39. The highest BCUT2D eigenvalue weighted by molar-refractivity contribution is 7.16.